The minimum absolute atomic E-state index is 0.00462. The van der Waals surface area contributed by atoms with Crippen molar-refractivity contribution in [3.63, 3.8) is 0 Å². The highest BCUT2D eigenvalue weighted by molar-refractivity contribution is 7.91. The molecule has 0 unspecified atom stereocenters. The number of hydrogen-bond acceptors (Lipinski definition) is 6. The lowest BCUT2D eigenvalue weighted by Gasteiger charge is -2.21. The molecule has 9 heteroatoms. The van der Waals surface area contributed by atoms with Crippen molar-refractivity contribution in [3.8, 4) is 0 Å². The molecule has 0 radical (unpaired) electrons. The molecule has 4 rings (SSSR count). The van der Waals surface area contributed by atoms with Crippen LogP contribution in [-0.4, -0.2) is 30.6 Å². The zero-order valence-electron chi connectivity index (χ0n) is 13.4. The van der Waals surface area contributed by atoms with Crippen LogP contribution in [0, 0.1) is 11.8 Å². The first-order valence-corrected chi connectivity index (χ1v) is 10.5. The molecule has 3 atom stereocenters. The largest absolute Gasteiger partial charge is 0.296 e. The SMILES string of the molecule is O=C(Nc1nnc(S(=O)(=O)N[C@H]2C[C@H]3CC[C@@H]2C3)s1)c1ccccc1. The molecule has 1 aromatic carbocycles. The number of aromatic nitrogens is 2. The van der Waals surface area contributed by atoms with Crippen LogP contribution in [0.5, 0.6) is 0 Å². The van der Waals surface area contributed by atoms with Crippen LogP contribution in [0.1, 0.15) is 36.0 Å². The molecule has 25 heavy (non-hydrogen) atoms. The molecule has 0 saturated heterocycles. The molecule has 2 N–H and O–H groups in total. The average Bonchev–Trinajstić information content (AvgIpc) is 3.32. The number of anilines is 1. The van der Waals surface area contributed by atoms with E-state index in [0.29, 0.717) is 17.4 Å². The summed E-state index contributed by atoms with van der Waals surface area (Å²) in [6.45, 7) is 0. The number of amides is 1. The van der Waals surface area contributed by atoms with Gasteiger partial charge in [0, 0.05) is 11.6 Å². The van der Waals surface area contributed by atoms with E-state index < -0.39 is 10.0 Å². The summed E-state index contributed by atoms with van der Waals surface area (Å²) in [7, 11) is -3.70. The van der Waals surface area contributed by atoms with Crippen molar-refractivity contribution in [1.29, 1.82) is 0 Å². The van der Waals surface area contributed by atoms with Crippen LogP contribution in [0.3, 0.4) is 0 Å². The molecule has 2 aliphatic carbocycles. The quantitative estimate of drug-likeness (QED) is 0.777. The smallest absolute Gasteiger partial charge is 0.270 e. The number of hydrogen-bond donors (Lipinski definition) is 2. The number of carbonyl (C=O) groups excluding carboxylic acids is 1. The van der Waals surface area contributed by atoms with E-state index in [4.69, 9.17) is 0 Å². The van der Waals surface area contributed by atoms with E-state index >= 15 is 0 Å². The predicted octanol–water partition coefficient (Wildman–Crippen LogP) is 2.26. The first-order valence-electron chi connectivity index (χ1n) is 8.23. The van der Waals surface area contributed by atoms with Crippen molar-refractivity contribution >= 4 is 32.4 Å². The summed E-state index contributed by atoms with van der Waals surface area (Å²) in [5, 5.41) is 10.3. The van der Waals surface area contributed by atoms with Crippen molar-refractivity contribution in [3.05, 3.63) is 35.9 Å². The Morgan fingerprint density at radius 3 is 2.60 bits per heavy atom. The Balaban J connectivity index is 1.44. The fraction of sp³-hybridized carbons (Fsp3) is 0.438. The standard InChI is InChI=1S/C16H18N4O3S2/c21-14(11-4-2-1-3-5-11)17-15-18-19-16(24-15)25(22,23)20-13-9-10-6-7-12(13)8-10/h1-5,10,12-13,20H,6-9H2,(H,17,18,21)/t10-,12+,13-/m0/s1. The summed E-state index contributed by atoms with van der Waals surface area (Å²) in [6, 6.07) is 8.66. The van der Waals surface area contributed by atoms with Crippen LogP contribution in [0.4, 0.5) is 5.13 Å². The van der Waals surface area contributed by atoms with Gasteiger partial charge in [0.25, 0.3) is 15.9 Å². The third kappa shape index (κ3) is 3.44. The summed E-state index contributed by atoms with van der Waals surface area (Å²) in [5.74, 6) is 0.736. The number of nitrogens with one attached hydrogen (secondary N) is 2. The van der Waals surface area contributed by atoms with Gasteiger partial charge < -0.3 is 0 Å². The Kier molecular flexibility index (Phi) is 4.30. The highest BCUT2D eigenvalue weighted by atomic mass is 32.2. The second-order valence-corrected chi connectivity index (χ2v) is 9.46. The lowest BCUT2D eigenvalue weighted by atomic mass is 9.96. The molecule has 7 nitrogen and oxygen atoms in total. The molecule has 132 valence electrons. The Bertz CT molecular complexity index is 882. The number of benzene rings is 1. The number of sulfonamides is 1. The molecule has 1 amide bonds. The second-order valence-electron chi connectivity index (χ2n) is 6.60. The van der Waals surface area contributed by atoms with Crippen molar-refractivity contribution in [1.82, 2.24) is 14.9 Å². The summed E-state index contributed by atoms with van der Waals surface area (Å²) >= 11 is 0.862. The van der Waals surface area contributed by atoms with Gasteiger partial charge in [-0.3, -0.25) is 10.1 Å². The topological polar surface area (TPSA) is 101 Å². The van der Waals surface area contributed by atoms with Crippen LogP contribution < -0.4 is 10.0 Å². The van der Waals surface area contributed by atoms with E-state index in [9.17, 15) is 13.2 Å². The molecule has 1 heterocycles. The maximum atomic E-state index is 12.5. The summed E-state index contributed by atoms with van der Waals surface area (Å²) in [4.78, 5) is 12.1. The van der Waals surface area contributed by atoms with Crippen LogP contribution >= 0.6 is 11.3 Å². The van der Waals surface area contributed by atoms with Crippen LogP contribution in [0.2, 0.25) is 0 Å². The van der Waals surface area contributed by atoms with E-state index in [1.807, 2.05) is 6.07 Å². The van der Waals surface area contributed by atoms with Crippen LogP contribution in [0.25, 0.3) is 0 Å². The zero-order chi connectivity index (χ0) is 17.4. The van der Waals surface area contributed by atoms with Gasteiger partial charge in [0.2, 0.25) is 9.47 Å². The maximum absolute atomic E-state index is 12.5. The number of carbonyl (C=O) groups is 1. The molecular weight excluding hydrogens is 360 g/mol. The Morgan fingerprint density at radius 2 is 1.92 bits per heavy atom. The van der Waals surface area contributed by atoms with E-state index in [1.165, 1.54) is 6.42 Å². The van der Waals surface area contributed by atoms with Gasteiger partial charge in [0.05, 0.1) is 0 Å². The van der Waals surface area contributed by atoms with E-state index in [1.54, 1.807) is 24.3 Å². The monoisotopic (exact) mass is 378 g/mol. The molecule has 2 saturated carbocycles. The molecule has 2 aromatic rings. The minimum atomic E-state index is -3.70. The van der Waals surface area contributed by atoms with Gasteiger partial charge in [0.15, 0.2) is 0 Å². The lowest BCUT2D eigenvalue weighted by molar-refractivity contribution is 0.102. The highest BCUT2D eigenvalue weighted by Crippen LogP contribution is 2.44. The second kappa shape index (κ2) is 6.47. The maximum Gasteiger partial charge on any atom is 0.270 e. The lowest BCUT2D eigenvalue weighted by Crippen LogP contribution is -2.38. The minimum Gasteiger partial charge on any atom is -0.296 e. The van der Waals surface area contributed by atoms with Crippen LogP contribution in [-0.2, 0) is 10.0 Å². The highest BCUT2D eigenvalue weighted by Gasteiger charge is 2.41. The molecule has 2 fully saturated rings. The van der Waals surface area contributed by atoms with E-state index in [0.717, 1.165) is 30.6 Å². The van der Waals surface area contributed by atoms with Gasteiger partial charge >= 0.3 is 0 Å². The number of nitrogens with zero attached hydrogens (tertiary/aromatic N) is 2. The van der Waals surface area contributed by atoms with Gasteiger partial charge in [-0.25, -0.2) is 13.1 Å². The van der Waals surface area contributed by atoms with Gasteiger partial charge in [0.1, 0.15) is 0 Å². The first kappa shape index (κ1) is 16.6. The predicted molar refractivity (Wildman–Crippen MR) is 93.9 cm³/mol. The fourth-order valence-corrected chi connectivity index (χ4v) is 6.00. The molecule has 0 spiro atoms. The molecular formula is C16H18N4O3S2. The Hall–Kier alpha value is -1.84. The summed E-state index contributed by atoms with van der Waals surface area (Å²) in [5.41, 5.74) is 0.474. The van der Waals surface area contributed by atoms with Crippen molar-refractivity contribution in [2.24, 2.45) is 11.8 Å². The molecule has 0 aliphatic heterocycles. The molecule has 2 bridgehead atoms. The number of rotatable bonds is 5. The third-order valence-electron chi connectivity index (χ3n) is 4.94. The molecule has 1 aromatic heterocycles. The average molecular weight is 378 g/mol. The van der Waals surface area contributed by atoms with E-state index in [2.05, 4.69) is 20.2 Å². The van der Waals surface area contributed by atoms with Crippen molar-refractivity contribution in [2.75, 3.05) is 5.32 Å². The van der Waals surface area contributed by atoms with Gasteiger partial charge in [-0.2, -0.15) is 0 Å². The van der Waals surface area contributed by atoms with Crippen LogP contribution in [0.15, 0.2) is 34.7 Å². The Morgan fingerprint density at radius 1 is 1.12 bits per heavy atom. The van der Waals surface area contributed by atoms with Crippen molar-refractivity contribution in [2.45, 2.75) is 36.1 Å². The molecule has 2 aliphatic rings. The van der Waals surface area contributed by atoms with Gasteiger partial charge in [-0.1, -0.05) is 36.0 Å². The van der Waals surface area contributed by atoms with Crippen molar-refractivity contribution < 1.29 is 13.2 Å². The summed E-state index contributed by atoms with van der Waals surface area (Å²) < 4.78 is 27.7. The van der Waals surface area contributed by atoms with Gasteiger partial charge in [-0.15, -0.1) is 10.2 Å². The number of fused-ring (bicyclic) bond motifs is 2. The normalized spacial score (nSPS) is 25.2. The third-order valence-corrected chi connectivity index (χ3v) is 7.63. The Labute approximate surface area is 149 Å². The first-order chi connectivity index (χ1) is 12.0. The fourth-order valence-electron chi connectivity index (χ4n) is 3.77. The van der Waals surface area contributed by atoms with Gasteiger partial charge in [-0.05, 0) is 43.2 Å². The summed E-state index contributed by atoms with van der Waals surface area (Å²) in [6.07, 6.45) is 4.31. The van der Waals surface area contributed by atoms with E-state index in [-0.39, 0.29) is 21.4 Å². The zero-order valence-corrected chi connectivity index (χ0v) is 15.0.